The van der Waals surface area contributed by atoms with Gasteiger partial charge in [-0.15, -0.1) is 0 Å². The molecule has 1 aliphatic heterocycles. The molecule has 0 radical (unpaired) electrons. The van der Waals surface area contributed by atoms with Crippen LogP contribution in [-0.2, 0) is 0 Å². The quantitative estimate of drug-likeness (QED) is 0.752. The number of benzene rings is 2. The summed E-state index contributed by atoms with van der Waals surface area (Å²) in [7, 11) is 0. The van der Waals surface area contributed by atoms with E-state index in [4.69, 9.17) is 9.98 Å². The Bertz CT molecular complexity index is 1010. The fraction of sp³-hybridized carbons (Fsp3) is 0.120. The molecule has 0 amide bonds. The Morgan fingerprint density at radius 2 is 1.75 bits per heavy atom. The van der Waals surface area contributed by atoms with E-state index >= 15 is 0 Å². The van der Waals surface area contributed by atoms with Crippen LogP contribution in [0.4, 0.5) is 0 Å². The van der Waals surface area contributed by atoms with Gasteiger partial charge in [0.05, 0.1) is 0 Å². The molecule has 0 saturated heterocycles. The maximum absolute atomic E-state index is 4.89. The molecule has 2 aliphatic rings. The van der Waals surface area contributed by atoms with Crippen molar-refractivity contribution >= 4 is 11.7 Å². The van der Waals surface area contributed by atoms with Crippen LogP contribution in [0.15, 0.2) is 113 Å². The normalized spacial score (nSPS) is 18.4. The van der Waals surface area contributed by atoms with Crippen LogP contribution in [0.25, 0.3) is 11.1 Å². The minimum atomic E-state index is -0.143. The first kappa shape index (κ1) is 17.9. The Balaban J connectivity index is 1.62. The fourth-order valence-corrected chi connectivity index (χ4v) is 3.35. The Labute approximate surface area is 166 Å². The van der Waals surface area contributed by atoms with Gasteiger partial charge < -0.3 is 5.32 Å². The second-order valence-electron chi connectivity index (χ2n) is 6.79. The van der Waals surface area contributed by atoms with E-state index in [0.717, 1.165) is 30.1 Å². The minimum Gasteiger partial charge on any atom is -0.325 e. The van der Waals surface area contributed by atoms with E-state index in [1.54, 1.807) is 6.08 Å². The van der Waals surface area contributed by atoms with Crippen LogP contribution >= 0.6 is 0 Å². The Kier molecular flexibility index (Phi) is 5.43. The molecule has 2 aromatic rings. The highest BCUT2D eigenvalue weighted by atomic mass is 15.2. The minimum absolute atomic E-state index is 0.143. The number of rotatable bonds is 5. The zero-order chi connectivity index (χ0) is 19.2. The first-order valence-corrected chi connectivity index (χ1v) is 9.54. The molecule has 0 aromatic heterocycles. The van der Waals surface area contributed by atoms with Crippen molar-refractivity contribution in [3.05, 3.63) is 109 Å². The predicted molar refractivity (Wildman–Crippen MR) is 119 cm³/mol. The van der Waals surface area contributed by atoms with E-state index in [9.17, 15) is 0 Å². The summed E-state index contributed by atoms with van der Waals surface area (Å²) in [6.07, 6.45) is 13.9. The molecule has 2 aromatic carbocycles. The second-order valence-corrected chi connectivity index (χ2v) is 6.79. The van der Waals surface area contributed by atoms with Crippen molar-refractivity contribution in [3.8, 4) is 11.1 Å². The van der Waals surface area contributed by atoms with Gasteiger partial charge in [0.15, 0.2) is 0 Å². The summed E-state index contributed by atoms with van der Waals surface area (Å²) in [6.45, 7) is 3.89. The first-order chi connectivity index (χ1) is 13.8. The van der Waals surface area contributed by atoms with Crippen LogP contribution in [0.5, 0.6) is 0 Å². The smallest absolute Gasteiger partial charge is 0.148 e. The molecule has 3 heteroatoms. The average molecular weight is 365 g/mol. The molecule has 1 N–H and O–H groups in total. The number of aliphatic imine (C=N–C) groups is 2. The van der Waals surface area contributed by atoms with Gasteiger partial charge in [0.2, 0.25) is 0 Å². The van der Waals surface area contributed by atoms with Crippen LogP contribution in [0.1, 0.15) is 18.4 Å². The molecule has 1 unspecified atom stereocenters. The van der Waals surface area contributed by atoms with E-state index in [1.807, 2.05) is 6.07 Å². The summed E-state index contributed by atoms with van der Waals surface area (Å²) in [5.41, 5.74) is 4.74. The number of nitrogens with one attached hydrogen (secondary N) is 1. The molecule has 1 heterocycles. The largest absolute Gasteiger partial charge is 0.325 e. The average Bonchev–Trinajstić information content (AvgIpc) is 3.03. The van der Waals surface area contributed by atoms with E-state index in [2.05, 4.69) is 90.8 Å². The van der Waals surface area contributed by atoms with E-state index in [0.29, 0.717) is 0 Å². The number of hydrogen-bond donors (Lipinski definition) is 1. The maximum Gasteiger partial charge on any atom is 0.148 e. The van der Waals surface area contributed by atoms with Gasteiger partial charge in [-0.2, -0.15) is 0 Å². The van der Waals surface area contributed by atoms with Gasteiger partial charge in [0.25, 0.3) is 0 Å². The van der Waals surface area contributed by atoms with Gasteiger partial charge in [-0.3, -0.25) is 0 Å². The highest BCUT2D eigenvalue weighted by molar-refractivity contribution is 6.13. The van der Waals surface area contributed by atoms with E-state index in [-0.39, 0.29) is 6.17 Å². The van der Waals surface area contributed by atoms with Gasteiger partial charge in [-0.25, -0.2) is 9.98 Å². The lowest BCUT2D eigenvalue weighted by Gasteiger charge is -2.21. The lowest BCUT2D eigenvalue weighted by Crippen LogP contribution is -2.36. The molecule has 0 bridgehead atoms. The standard InChI is InChI=1S/C25H23N3/c1-2-23-26-24(17-19-11-6-3-4-7-12-19)28-25(27-23)22-16-10-15-21(18-22)20-13-8-5-9-14-20/h2-11,13-16,18,24H,1,12,17H2,(H,26,27,28). The summed E-state index contributed by atoms with van der Waals surface area (Å²) in [4.78, 5) is 9.58. The molecule has 0 spiro atoms. The van der Waals surface area contributed by atoms with Crippen molar-refractivity contribution in [3.63, 3.8) is 0 Å². The van der Waals surface area contributed by atoms with Gasteiger partial charge in [0, 0.05) is 12.0 Å². The summed E-state index contributed by atoms with van der Waals surface area (Å²) in [6, 6.07) is 18.8. The van der Waals surface area contributed by atoms with Crippen LogP contribution in [0.2, 0.25) is 0 Å². The maximum atomic E-state index is 4.89. The molecule has 28 heavy (non-hydrogen) atoms. The SMILES string of the molecule is C=CC1=NC(CC2=CC=CC=CC2)N=C(c2cccc(-c3ccccc3)c2)N1. The van der Waals surface area contributed by atoms with Gasteiger partial charge in [-0.1, -0.05) is 91.1 Å². The van der Waals surface area contributed by atoms with Crippen molar-refractivity contribution in [2.45, 2.75) is 19.0 Å². The lowest BCUT2D eigenvalue weighted by molar-refractivity contribution is 0.681. The van der Waals surface area contributed by atoms with Crippen molar-refractivity contribution in [1.29, 1.82) is 0 Å². The summed E-state index contributed by atoms with van der Waals surface area (Å²) in [5, 5.41) is 3.31. The molecular formula is C25H23N3. The molecule has 1 atom stereocenters. The second kappa shape index (κ2) is 8.49. The van der Waals surface area contributed by atoms with Gasteiger partial charge >= 0.3 is 0 Å². The zero-order valence-corrected chi connectivity index (χ0v) is 15.8. The third-order valence-corrected chi connectivity index (χ3v) is 4.76. The Morgan fingerprint density at radius 3 is 2.61 bits per heavy atom. The topological polar surface area (TPSA) is 36.8 Å². The van der Waals surface area contributed by atoms with Crippen LogP contribution < -0.4 is 5.32 Å². The first-order valence-electron chi connectivity index (χ1n) is 9.54. The van der Waals surface area contributed by atoms with Crippen molar-refractivity contribution in [2.75, 3.05) is 0 Å². The number of nitrogens with zero attached hydrogens (tertiary/aromatic N) is 2. The molecule has 138 valence electrons. The Hall–Kier alpha value is -3.46. The molecule has 3 nitrogen and oxygen atoms in total. The third-order valence-electron chi connectivity index (χ3n) is 4.76. The summed E-state index contributed by atoms with van der Waals surface area (Å²) >= 11 is 0. The van der Waals surface area contributed by atoms with Gasteiger partial charge in [-0.05, 0) is 29.7 Å². The van der Waals surface area contributed by atoms with E-state index < -0.39 is 0 Å². The zero-order valence-electron chi connectivity index (χ0n) is 15.8. The lowest BCUT2D eigenvalue weighted by atomic mass is 10.0. The fourth-order valence-electron chi connectivity index (χ4n) is 3.35. The number of allylic oxidation sites excluding steroid dienone is 5. The third kappa shape index (κ3) is 4.26. The van der Waals surface area contributed by atoms with Crippen LogP contribution in [0.3, 0.4) is 0 Å². The number of hydrogen-bond acceptors (Lipinski definition) is 3. The van der Waals surface area contributed by atoms with Crippen molar-refractivity contribution < 1.29 is 0 Å². The van der Waals surface area contributed by atoms with Crippen molar-refractivity contribution in [1.82, 2.24) is 5.32 Å². The van der Waals surface area contributed by atoms with Gasteiger partial charge in [0.1, 0.15) is 17.8 Å². The van der Waals surface area contributed by atoms with E-state index in [1.165, 1.54) is 16.7 Å². The molecule has 0 fully saturated rings. The molecule has 0 saturated carbocycles. The molecular weight excluding hydrogens is 342 g/mol. The molecule has 4 rings (SSSR count). The van der Waals surface area contributed by atoms with Crippen LogP contribution in [0, 0.1) is 0 Å². The summed E-state index contributed by atoms with van der Waals surface area (Å²) in [5.74, 6) is 1.61. The monoisotopic (exact) mass is 365 g/mol. The summed E-state index contributed by atoms with van der Waals surface area (Å²) < 4.78 is 0. The Morgan fingerprint density at radius 1 is 0.929 bits per heavy atom. The van der Waals surface area contributed by atoms with Crippen LogP contribution in [-0.4, -0.2) is 17.8 Å². The molecule has 1 aliphatic carbocycles. The number of amidine groups is 2. The highest BCUT2D eigenvalue weighted by Crippen LogP contribution is 2.22. The predicted octanol–water partition coefficient (Wildman–Crippen LogP) is 5.45. The van der Waals surface area contributed by atoms with Crippen molar-refractivity contribution in [2.24, 2.45) is 9.98 Å². The highest BCUT2D eigenvalue weighted by Gasteiger charge is 2.18.